The van der Waals surface area contributed by atoms with E-state index in [-0.39, 0.29) is 0 Å². The monoisotopic (exact) mass is 602 g/mol. The van der Waals surface area contributed by atoms with Crippen molar-refractivity contribution in [3.8, 4) is 16.2 Å². The second-order valence-electron chi connectivity index (χ2n) is 11.0. The Morgan fingerprint density at radius 3 is 1.59 bits per heavy atom. The lowest BCUT2D eigenvalue weighted by molar-refractivity contribution is 0.240. The fourth-order valence-corrected chi connectivity index (χ4v) is 9.14. The van der Waals surface area contributed by atoms with E-state index in [4.69, 9.17) is 12.2 Å². The van der Waals surface area contributed by atoms with Crippen LogP contribution >= 0.6 is 32.9 Å². The smallest absolute Gasteiger partial charge is 0.124 e. The van der Waals surface area contributed by atoms with Crippen molar-refractivity contribution in [3.63, 3.8) is 0 Å². The first-order chi connectivity index (χ1) is 20.1. The van der Waals surface area contributed by atoms with Gasteiger partial charge in [-0.25, -0.2) is 0 Å². The summed E-state index contributed by atoms with van der Waals surface area (Å²) in [5.74, 6) is 0.460. The normalized spacial score (nSPS) is 16.8. The third-order valence-electron chi connectivity index (χ3n) is 8.38. The second kappa shape index (κ2) is 13.0. The van der Waals surface area contributed by atoms with Gasteiger partial charge >= 0.3 is 0 Å². The molecule has 214 valence electrons. The zero-order valence-corrected chi connectivity index (χ0v) is 26.1. The number of benzene rings is 3. The number of phenols is 1. The van der Waals surface area contributed by atoms with E-state index in [0.29, 0.717) is 5.75 Å². The zero-order chi connectivity index (χ0) is 28.2. The molecule has 0 bridgehead atoms. The van der Waals surface area contributed by atoms with Crippen LogP contribution in [0.1, 0.15) is 23.6 Å². The fourth-order valence-electron chi connectivity index (χ4n) is 6.02. The highest BCUT2D eigenvalue weighted by molar-refractivity contribution is 7.80. The van der Waals surface area contributed by atoms with E-state index in [1.54, 1.807) is 20.7 Å². The van der Waals surface area contributed by atoms with Crippen molar-refractivity contribution in [2.45, 2.75) is 26.4 Å². The molecule has 0 radical (unpaired) electrons. The first-order valence-electron chi connectivity index (χ1n) is 14.6. The highest BCUT2D eigenvalue weighted by Gasteiger charge is 2.23. The molecule has 0 spiro atoms. The van der Waals surface area contributed by atoms with Crippen molar-refractivity contribution < 1.29 is 5.11 Å². The molecule has 5 nitrogen and oxygen atoms in total. The summed E-state index contributed by atoms with van der Waals surface area (Å²) in [4.78, 5) is 11.2. The van der Waals surface area contributed by atoms with Gasteiger partial charge in [0.05, 0.1) is 4.88 Å². The molecule has 41 heavy (non-hydrogen) atoms. The molecule has 0 aliphatic carbocycles. The fraction of sp³-hybridized carbons (Fsp3) is 0.364. The highest BCUT2D eigenvalue weighted by Crippen LogP contribution is 2.39. The number of hydrogen-bond donors (Lipinski definition) is 1. The number of nitrogens with zero attached hydrogens (tertiary/aromatic N) is 4. The number of hydrogen-bond acceptors (Lipinski definition) is 8. The number of anilines is 2. The van der Waals surface area contributed by atoms with E-state index in [0.717, 1.165) is 86.8 Å². The van der Waals surface area contributed by atoms with E-state index in [1.807, 2.05) is 0 Å². The highest BCUT2D eigenvalue weighted by atomic mass is 32.9. The molecule has 1 N–H and O–H groups in total. The van der Waals surface area contributed by atoms with Gasteiger partial charge < -0.3 is 14.9 Å². The number of piperazine rings is 2. The molecule has 3 aromatic carbocycles. The summed E-state index contributed by atoms with van der Waals surface area (Å²) in [5.41, 5.74) is 7.10. The summed E-state index contributed by atoms with van der Waals surface area (Å²) in [5, 5.41) is 11.6. The Kier molecular flexibility index (Phi) is 9.03. The molecule has 0 amide bonds. The van der Waals surface area contributed by atoms with Crippen molar-refractivity contribution in [2.24, 2.45) is 0 Å². The minimum Gasteiger partial charge on any atom is -0.507 e. The lowest BCUT2D eigenvalue weighted by atomic mass is 9.99. The maximum Gasteiger partial charge on any atom is 0.124 e. The van der Waals surface area contributed by atoms with Gasteiger partial charge in [-0.1, -0.05) is 76.2 Å². The lowest BCUT2D eigenvalue weighted by Gasteiger charge is -2.37. The van der Waals surface area contributed by atoms with Gasteiger partial charge in [-0.15, -0.1) is 0 Å². The Hall–Kier alpha value is -2.75. The molecule has 0 unspecified atom stereocenters. The van der Waals surface area contributed by atoms with Crippen molar-refractivity contribution in [2.75, 3.05) is 62.2 Å². The van der Waals surface area contributed by atoms with E-state index < -0.39 is 0 Å². The summed E-state index contributed by atoms with van der Waals surface area (Å²) in [7, 11) is 3.48. The van der Waals surface area contributed by atoms with Crippen molar-refractivity contribution in [3.05, 3.63) is 93.3 Å². The maximum atomic E-state index is 11.6. The van der Waals surface area contributed by atoms with Crippen molar-refractivity contribution in [1.82, 2.24) is 9.80 Å². The molecule has 2 aliphatic rings. The number of phenolic OH excluding ortho intramolecular Hbond substituents is 1. The van der Waals surface area contributed by atoms with Crippen LogP contribution < -0.4 is 9.80 Å². The minimum absolute atomic E-state index is 0.460. The first-order valence-corrected chi connectivity index (χ1v) is 17.2. The predicted octanol–water partition coefficient (Wildman–Crippen LogP) is 7.12. The molecule has 3 heterocycles. The van der Waals surface area contributed by atoms with Crippen LogP contribution in [-0.2, 0) is 19.5 Å². The summed E-state index contributed by atoms with van der Waals surface area (Å²) in [6.45, 7) is 11.6. The summed E-state index contributed by atoms with van der Waals surface area (Å²) in [6.07, 6.45) is 0.933. The van der Waals surface area contributed by atoms with Crippen LogP contribution in [0.4, 0.5) is 11.4 Å². The number of para-hydroxylation sites is 2. The first kappa shape index (κ1) is 28.4. The van der Waals surface area contributed by atoms with Gasteiger partial charge in [-0.2, -0.15) is 0 Å². The Labute approximate surface area is 256 Å². The molecule has 8 heteroatoms. The van der Waals surface area contributed by atoms with Crippen LogP contribution in [0, 0.1) is 3.82 Å². The molecule has 6 rings (SSSR count). The molecular weight excluding hydrogens is 565 g/mol. The zero-order valence-electron chi connectivity index (χ0n) is 23.7. The van der Waals surface area contributed by atoms with Gasteiger partial charge in [0.2, 0.25) is 0 Å². The standard InChI is InChI=1S/C33H38N4OS3/c1-2-30-32(40-41-33(30)39)25-21-26(23-34-13-17-36(18-14-34)28-9-5-3-6-10-28)31(38)27(22-25)24-35-15-19-37(20-16-35)29-11-7-4-8-12-29/h3-12,21-22,38H,2,13-20,23-24H2,1H3. The Morgan fingerprint density at radius 2 is 1.15 bits per heavy atom. The Bertz CT molecular complexity index is 1410. The molecule has 0 saturated carbocycles. The Balaban J connectivity index is 1.21. The average molecular weight is 603 g/mol. The summed E-state index contributed by atoms with van der Waals surface area (Å²) < 4.78 is 0.998. The van der Waals surface area contributed by atoms with Gasteiger partial charge in [0.25, 0.3) is 0 Å². The van der Waals surface area contributed by atoms with Crippen LogP contribution in [0.5, 0.6) is 5.75 Å². The molecule has 0 atom stereocenters. The van der Waals surface area contributed by atoms with Crippen LogP contribution in [-0.4, -0.2) is 67.3 Å². The van der Waals surface area contributed by atoms with Gasteiger partial charge in [0.15, 0.2) is 0 Å². The quantitative estimate of drug-likeness (QED) is 0.171. The molecule has 2 aliphatic heterocycles. The van der Waals surface area contributed by atoms with Crippen LogP contribution in [0.15, 0.2) is 72.8 Å². The van der Waals surface area contributed by atoms with Crippen molar-refractivity contribution >= 4 is 44.3 Å². The van der Waals surface area contributed by atoms with Crippen LogP contribution in [0.2, 0.25) is 0 Å². The lowest BCUT2D eigenvalue weighted by Crippen LogP contribution is -2.46. The van der Waals surface area contributed by atoms with Gasteiger partial charge in [0, 0.05) is 87.9 Å². The van der Waals surface area contributed by atoms with Crippen LogP contribution in [0.25, 0.3) is 10.4 Å². The Morgan fingerprint density at radius 1 is 0.683 bits per heavy atom. The maximum absolute atomic E-state index is 11.6. The SMILES string of the molecule is CCc1c(-c2cc(CN3CCN(c4ccccc4)CC3)c(O)c(CN3CCN(c4ccccc4)CC3)c2)ssc1=S. The second-order valence-corrected chi connectivity index (χ2v) is 13.8. The van der Waals surface area contributed by atoms with Gasteiger partial charge in [-0.05, 0) is 53.9 Å². The average Bonchev–Trinajstić information content (AvgIpc) is 3.41. The topological polar surface area (TPSA) is 33.2 Å². The minimum atomic E-state index is 0.460. The largest absolute Gasteiger partial charge is 0.507 e. The van der Waals surface area contributed by atoms with Gasteiger partial charge in [0.1, 0.15) is 9.57 Å². The summed E-state index contributed by atoms with van der Waals surface area (Å²) >= 11 is 5.68. The molecule has 2 saturated heterocycles. The van der Waals surface area contributed by atoms with Crippen molar-refractivity contribution in [1.29, 1.82) is 0 Å². The number of rotatable bonds is 8. The van der Waals surface area contributed by atoms with E-state index in [1.165, 1.54) is 27.4 Å². The predicted molar refractivity (Wildman–Crippen MR) is 177 cm³/mol. The van der Waals surface area contributed by atoms with E-state index >= 15 is 0 Å². The molecule has 4 aromatic rings. The van der Waals surface area contributed by atoms with E-state index in [9.17, 15) is 5.11 Å². The van der Waals surface area contributed by atoms with E-state index in [2.05, 4.69) is 99.3 Å². The molecular formula is C33H38N4OS3. The third-order valence-corrected chi connectivity index (χ3v) is 11.6. The number of aromatic hydroxyl groups is 1. The molecule has 1 aromatic heterocycles. The third kappa shape index (κ3) is 6.52. The summed E-state index contributed by atoms with van der Waals surface area (Å²) in [6, 6.07) is 25.8. The van der Waals surface area contributed by atoms with Gasteiger partial charge in [-0.3, -0.25) is 9.80 Å². The molecule has 2 fully saturated rings. The van der Waals surface area contributed by atoms with Crippen LogP contribution in [0.3, 0.4) is 0 Å².